The van der Waals surface area contributed by atoms with Gasteiger partial charge in [0, 0.05) is 6.04 Å². The van der Waals surface area contributed by atoms with Crippen molar-refractivity contribution in [3.8, 4) is 0 Å². The van der Waals surface area contributed by atoms with Crippen LogP contribution in [0.3, 0.4) is 0 Å². The van der Waals surface area contributed by atoms with Crippen LogP contribution in [0.4, 0.5) is 0 Å². The van der Waals surface area contributed by atoms with Gasteiger partial charge in [-0.1, -0.05) is 64.2 Å². The number of unbranched alkanes of at least 4 members (excludes halogenated alkanes) is 4. The molecule has 1 aromatic carbocycles. The van der Waals surface area contributed by atoms with Crippen LogP contribution in [0.15, 0.2) is 18.2 Å². The maximum Gasteiger partial charge on any atom is 0.0322 e. The summed E-state index contributed by atoms with van der Waals surface area (Å²) in [5, 5.41) is 3.66. The van der Waals surface area contributed by atoms with Gasteiger partial charge in [-0.15, -0.1) is 0 Å². The molecular formula is C18H31N. The number of nitrogens with one attached hydrogen (secondary N) is 1. The summed E-state index contributed by atoms with van der Waals surface area (Å²) in [6, 6.07) is 7.23. The van der Waals surface area contributed by atoms with Crippen LogP contribution in [-0.4, -0.2) is 6.54 Å². The van der Waals surface area contributed by atoms with E-state index >= 15 is 0 Å². The summed E-state index contributed by atoms with van der Waals surface area (Å²) < 4.78 is 0. The first-order valence-electron chi connectivity index (χ1n) is 8.00. The fourth-order valence-corrected chi connectivity index (χ4v) is 2.72. The van der Waals surface area contributed by atoms with Gasteiger partial charge in [-0.2, -0.15) is 0 Å². The molecule has 1 unspecified atom stereocenters. The molecule has 0 aliphatic rings. The maximum atomic E-state index is 3.66. The van der Waals surface area contributed by atoms with E-state index in [1.54, 1.807) is 0 Å². The predicted octanol–water partition coefficient (Wildman–Crippen LogP) is 5.31. The Balaban J connectivity index is 2.58. The lowest BCUT2D eigenvalue weighted by molar-refractivity contribution is 0.477. The fraction of sp³-hybridized carbons (Fsp3) is 0.667. The van der Waals surface area contributed by atoms with E-state index in [0.717, 1.165) is 6.54 Å². The Hall–Kier alpha value is -0.820. The Morgan fingerprint density at radius 3 is 2.42 bits per heavy atom. The minimum absolute atomic E-state index is 0.534. The minimum Gasteiger partial charge on any atom is -0.310 e. The molecule has 0 amide bonds. The van der Waals surface area contributed by atoms with Gasteiger partial charge in [-0.25, -0.2) is 0 Å². The van der Waals surface area contributed by atoms with Gasteiger partial charge in [-0.05, 0) is 43.5 Å². The van der Waals surface area contributed by atoms with E-state index in [1.807, 2.05) is 0 Å². The third kappa shape index (κ3) is 5.36. The quantitative estimate of drug-likeness (QED) is 0.594. The summed E-state index contributed by atoms with van der Waals surface area (Å²) in [6.45, 7) is 9.99. The molecule has 0 aliphatic heterocycles. The second kappa shape index (κ2) is 9.14. The van der Waals surface area contributed by atoms with E-state index < -0.39 is 0 Å². The van der Waals surface area contributed by atoms with E-state index in [-0.39, 0.29) is 0 Å². The van der Waals surface area contributed by atoms with E-state index in [9.17, 15) is 0 Å². The molecule has 1 nitrogen and oxygen atoms in total. The van der Waals surface area contributed by atoms with Crippen molar-refractivity contribution >= 4 is 0 Å². The van der Waals surface area contributed by atoms with Gasteiger partial charge in [-0.3, -0.25) is 0 Å². The van der Waals surface area contributed by atoms with Gasteiger partial charge >= 0.3 is 0 Å². The molecule has 1 atom stereocenters. The molecule has 0 saturated carbocycles. The first-order chi connectivity index (χ1) is 9.20. The molecule has 1 aromatic rings. The smallest absolute Gasteiger partial charge is 0.0322 e. The monoisotopic (exact) mass is 261 g/mol. The van der Waals surface area contributed by atoms with Gasteiger partial charge in [0.1, 0.15) is 0 Å². The van der Waals surface area contributed by atoms with Crippen molar-refractivity contribution < 1.29 is 0 Å². The van der Waals surface area contributed by atoms with Crippen molar-refractivity contribution in [2.24, 2.45) is 0 Å². The van der Waals surface area contributed by atoms with Crippen LogP contribution in [0.25, 0.3) is 0 Å². The van der Waals surface area contributed by atoms with Crippen LogP contribution < -0.4 is 5.32 Å². The third-order valence-electron chi connectivity index (χ3n) is 4.07. The highest BCUT2D eigenvalue weighted by Gasteiger charge is 2.12. The molecule has 0 spiro atoms. The summed E-state index contributed by atoms with van der Waals surface area (Å²) in [6.07, 6.45) is 8.08. The first kappa shape index (κ1) is 16.2. The zero-order valence-corrected chi connectivity index (χ0v) is 13.3. The number of rotatable bonds is 9. The molecule has 1 heteroatoms. The van der Waals surface area contributed by atoms with Gasteiger partial charge < -0.3 is 5.32 Å². The molecule has 0 fully saturated rings. The van der Waals surface area contributed by atoms with E-state index in [1.165, 1.54) is 55.2 Å². The molecule has 0 aliphatic carbocycles. The summed E-state index contributed by atoms with van der Waals surface area (Å²) in [5.41, 5.74) is 4.37. The molecule has 108 valence electrons. The van der Waals surface area contributed by atoms with Crippen molar-refractivity contribution in [2.45, 2.75) is 72.3 Å². The highest BCUT2D eigenvalue weighted by Crippen LogP contribution is 2.25. The summed E-state index contributed by atoms with van der Waals surface area (Å²) in [5.74, 6) is 0. The molecule has 1 rings (SSSR count). The lowest BCUT2D eigenvalue weighted by atomic mass is 9.93. The fourth-order valence-electron chi connectivity index (χ4n) is 2.72. The number of aryl methyl sites for hydroxylation is 1. The van der Waals surface area contributed by atoms with Crippen molar-refractivity contribution in [1.82, 2.24) is 5.32 Å². The SMILES string of the molecule is CCCCCCCC(NCC)c1cccc(C)c1C. The van der Waals surface area contributed by atoms with Crippen molar-refractivity contribution in [2.75, 3.05) is 6.54 Å². The lowest BCUT2D eigenvalue weighted by Crippen LogP contribution is -2.22. The van der Waals surface area contributed by atoms with Crippen LogP contribution in [0.1, 0.15) is 75.1 Å². The molecular weight excluding hydrogens is 230 g/mol. The molecule has 0 bridgehead atoms. The van der Waals surface area contributed by atoms with Crippen molar-refractivity contribution in [1.29, 1.82) is 0 Å². The van der Waals surface area contributed by atoms with Gasteiger partial charge in [0.2, 0.25) is 0 Å². The van der Waals surface area contributed by atoms with Crippen molar-refractivity contribution in [3.63, 3.8) is 0 Å². The average Bonchev–Trinajstić information content (AvgIpc) is 2.41. The van der Waals surface area contributed by atoms with Crippen LogP contribution in [0.5, 0.6) is 0 Å². The van der Waals surface area contributed by atoms with E-state index in [4.69, 9.17) is 0 Å². The van der Waals surface area contributed by atoms with E-state index in [2.05, 4.69) is 51.2 Å². The first-order valence-corrected chi connectivity index (χ1v) is 8.00. The van der Waals surface area contributed by atoms with Crippen LogP contribution in [0.2, 0.25) is 0 Å². The Bertz CT molecular complexity index is 357. The van der Waals surface area contributed by atoms with Crippen LogP contribution >= 0.6 is 0 Å². The largest absolute Gasteiger partial charge is 0.310 e. The standard InChI is InChI=1S/C18H31N/c1-5-7-8-9-10-14-18(19-6-2)17-13-11-12-15(3)16(17)4/h11-13,18-19H,5-10,14H2,1-4H3. The lowest BCUT2D eigenvalue weighted by Gasteiger charge is -2.21. The van der Waals surface area contributed by atoms with E-state index in [0.29, 0.717) is 6.04 Å². The highest BCUT2D eigenvalue weighted by molar-refractivity contribution is 5.35. The second-order valence-corrected chi connectivity index (χ2v) is 5.60. The van der Waals surface area contributed by atoms with Crippen molar-refractivity contribution in [3.05, 3.63) is 34.9 Å². The Morgan fingerprint density at radius 1 is 1.00 bits per heavy atom. The van der Waals surface area contributed by atoms with Crippen LogP contribution in [-0.2, 0) is 0 Å². The molecule has 0 heterocycles. The Morgan fingerprint density at radius 2 is 1.74 bits per heavy atom. The zero-order chi connectivity index (χ0) is 14.1. The van der Waals surface area contributed by atoms with Gasteiger partial charge in [0.15, 0.2) is 0 Å². The molecule has 0 saturated heterocycles. The molecule has 0 aromatic heterocycles. The topological polar surface area (TPSA) is 12.0 Å². The third-order valence-corrected chi connectivity index (χ3v) is 4.07. The molecule has 1 N–H and O–H groups in total. The predicted molar refractivity (Wildman–Crippen MR) is 85.7 cm³/mol. The number of benzene rings is 1. The molecule has 0 radical (unpaired) electrons. The number of hydrogen-bond donors (Lipinski definition) is 1. The zero-order valence-electron chi connectivity index (χ0n) is 13.3. The normalized spacial score (nSPS) is 12.6. The summed E-state index contributed by atoms with van der Waals surface area (Å²) in [4.78, 5) is 0. The van der Waals surface area contributed by atoms with Gasteiger partial charge in [0.05, 0.1) is 0 Å². The maximum absolute atomic E-state index is 3.66. The minimum atomic E-state index is 0.534. The summed E-state index contributed by atoms with van der Waals surface area (Å²) >= 11 is 0. The second-order valence-electron chi connectivity index (χ2n) is 5.60. The average molecular weight is 261 g/mol. The highest BCUT2D eigenvalue weighted by atomic mass is 14.9. The van der Waals surface area contributed by atoms with Crippen LogP contribution in [0, 0.1) is 13.8 Å². The summed E-state index contributed by atoms with van der Waals surface area (Å²) in [7, 11) is 0. The molecule has 19 heavy (non-hydrogen) atoms. The van der Waals surface area contributed by atoms with Gasteiger partial charge in [0.25, 0.3) is 0 Å². The number of hydrogen-bond acceptors (Lipinski definition) is 1. The Kier molecular flexibility index (Phi) is 7.81. The Labute approximate surface area is 119 Å².